The summed E-state index contributed by atoms with van der Waals surface area (Å²) >= 11 is 4.50. The molecule has 1 aliphatic heterocycles. The lowest BCUT2D eigenvalue weighted by atomic mass is 10.2. The molecule has 0 bridgehead atoms. The first-order valence-corrected chi connectivity index (χ1v) is 8.75. The number of aryl methyl sites for hydroxylation is 1. The van der Waals surface area contributed by atoms with Crippen LogP contribution in [0.2, 0.25) is 0 Å². The highest BCUT2D eigenvalue weighted by molar-refractivity contribution is 9.10. The molecule has 122 valence electrons. The van der Waals surface area contributed by atoms with Gasteiger partial charge in [-0.25, -0.2) is 0 Å². The maximum absolute atomic E-state index is 12.1. The van der Waals surface area contributed by atoms with Crippen LogP contribution in [0.15, 0.2) is 21.5 Å². The molecule has 1 atom stereocenters. The number of hydrogen-bond donors (Lipinski definition) is 1. The van der Waals surface area contributed by atoms with Gasteiger partial charge in [-0.05, 0) is 47.3 Å². The third kappa shape index (κ3) is 3.85. The number of ether oxygens (including phenoxy) is 1. The first kappa shape index (κ1) is 16.3. The molecular weight excluding hydrogens is 384 g/mol. The highest BCUT2D eigenvalue weighted by Gasteiger charge is 2.22. The summed E-state index contributed by atoms with van der Waals surface area (Å²) in [6.07, 6.45) is 3.56. The number of nitrogens with zero attached hydrogens (tertiary/aromatic N) is 3. The molecule has 9 heteroatoms. The van der Waals surface area contributed by atoms with E-state index in [0.29, 0.717) is 9.60 Å². The van der Waals surface area contributed by atoms with E-state index in [1.807, 2.05) is 6.92 Å². The minimum atomic E-state index is -0.320. The number of aromatic nitrogens is 3. The van der Waals surface area contributed by atoms with Crippen molar-refractivity contribution in [3.05, 3.63) is 37.7 Å². The van der Waals surface area contributed by atoms with Gasteiger partial charge in [0.05, 0.1) is 4.47 Å². The monoisotopic (exact) mass is 398 g/mol. The van der Waals surface area contributed by atoms with Crippen LogP contribution in [0, 0.1) is 6.92 Å². The Morgan fingerprint density at radius 1 is 1.57 bits per heavy atom. The Morgan fingerprint density at radius 2 is 2.39 bits per heavy atom. The van der Waals surface area contributed by atoms with Crippen LogP contribution in [0.1, 0.15) is 29.5 Å². The number of halogens is 1. The average Bonchev–Trinajstić information content (AvgIpc) is 3.14. The zero-order valence-electron chi connectivity index (χ0n) is 12.4. The largest absolute Gasteiger partial charge is 0.371 e. The number of rotatable bonds is 4. The zero-order valence-corrected chi connectivity index (χ0v) is 14.8. The maximum atomic E-state index is 12.1. The van der Waals surface area contributed by atoms with Gasteiger partial charge in [-0.3, -0.25) is 14.9 Å². The number of hydrogen-bond acceptors (Lipinski definition) is 6. The summed E-state index contributed by atoms with van der Waals surface area (Å²) < 4.78 is 7.33. The summed E-state index contributed by atoms with van der Waals surface area (Å²) in [4.78, 5) is 24.1. The molecule has 2 aromatic rings. The van der Waals surface area contributed by atoms with Crippen molar-refractivity contribution in [2.45, 2.75) is 32.4 Å². The summed E-state index contributed by atoms with van der Waals surface area (Å²) in [5.74, 6) is -0.320. The number of carbonyl (C=O) groups excluding carboxylic acids is 1. The summed E-state index contributed by atoms with van der Waals surface area (Å²) in [7, 11) is 0. The predicted octanol–water partition coefficient (Wildman–Crippen LogP) is 2.26. The van der Waals surface area contributed by atoms with Crippen molar-refractivity contribution in [2.24, 2.45) is 0 Å². The van der Waals surface area contributed by atoms with Crippen molar-refractivity contribution < 1.29 is 9.53 Å². The minimum absolute atomic E-state index is 0.0199. The molecule has 1 N–H and O–H groups in total. The Kier molecular flexibility index (Phi) is 4.88. The summed E-state index contributed by atoms with van der Waals surface area (Å²) in [5.41, 5.74) is 0.643. The molecule has 1 amide bonds. The highest BCUT2D eigenvalue weighted by Crippen LogP contribution is 2.31. The second-order valence-corrected chi connectivity index (χ2v) is 7.16. The van der Waals surface area contributed by atoms with E-state index < -0.39 is 0 Å². The molecule has 7 nitrogen and oxygen atoms in total. The lowest BCUT2D eigenvalue weighted by molar-refractivity contribution is -0.116. The van der Waals surface area contributed by atoms with Crippen LogP contribution in [-0.2, 0) is 16.1 Å². The second kappa shape index (κ2) is 6.90. The molecule has 23 heavy (non-hydrogen) atoms. The van der Waals surface area contributed by atoms with E-state index in [-0.39, 0.29) is 24.1 Å². The van der Waals surface area contributed by atoms with Crippen LogP contribution in [-0.4, -0.2) is 27.3 Å². The van der Waals surface area contributed by atoms with Crippen LogP contribution in [0.3, 0.4) is 0 Å². The van der Waals surface area contributed by atoms with Gasteiger partial charge < -0.3 is 9.30 Å². The number of nitrogens with one attached hydrogen (secondary N) is 1. The van der Waals surface area contributed by atoms with Gasteiger partial charge in [-0.1, -0.05) is 11.3 Å². The molecule has 0 saturated carbocycles. The lowest BCUT2D eigenvalue weighted by Gasteiger charge is -2.07. The molecule has 2 aromatic heterocycles. The number of pyridine rings is 1. The normalized spacial score (nSPS) is 17.4. The number of amides is 1. The van der Waals surface area contributed by atoms with Crippen molar-refractivity contribution in [1.82, 2.24) is 14.8 Å². The standard InChI is InChI=1S/C14H15BrN4O3S/c1-8-5-9(15)13(21)19(6-8)7-11(20)16-14-18-17-12(23-14)10-3-2-4-22-10/h5-6,10H,2-4,7H2,1H3,(H,16,18,20). The Labute approximate surface area is 144 Å². The molecule has 0 aliphatic carbocycles. The first-order chi connectivity index (χ1) is 11.0. The third-order valence-corrected chi connectivity index (χ3v) is 4.88. The van der Waals surface area contributed by atoms with Gasteiger partial charge in [0.2, 0.25) is 11.0 Å². The molecule has 0 spiro atoms. The van der Waals surface area contributed by atoms with E-state index in [0.717, 1.165) is 30.0 Å². The maximum Gasteiger partial charge on any atom is 0.265 e. The van der Waals surface area contributed by atoms with Crippen molar-refractivity contribution in [3.63, 3.8) is 0 Å². The van der Waals surface area contributed by atoms with E-state index in [1.165, 1.54) is 15.9 Å². The van der Waals surface area contributed by atoms with Gasteiger partial charge in [0, 0.05) is 12.8 Å². The van der Waals surface area contributed by atoms with E-state index in [9.17, 15) is 9.59 Å². The lowest BCUT2D eigenvalue weighted by Crippen LogP contribution is -2.27. The van der Waals surface area contributed by atoms with Gasteiger partial charge in [0.15, 0.2) is 0 Å². The summed E-state index contributed by atoms with van der Waals surface area (Å²) in [6.45, 7) is 2.52. The Morgan fingerprint density at radius 3 is 3.13 bits per heavy atom. The van der Waals surface area contributed by atoms with E-state index in [4.69, 9.17) is 4.74 Å². The molecule has 0 radical (unpaired) electrons. The van der Waals surface area contributed by atoms with Crippen molar-refractivity contribution >= 4 is 38.3 Å². The van der Waals surface area contributed by atoms with Gasteiger partial charge in [0.25, 0.3) is 5.56 Å². The van der Waals surface area contributed by atoms with Gasteiger partial charge in [-0.15, -0.1) is 10.2 Å². The Hall–Kier alpha value is -1.58. The molecule has 1 unspecified atom stereocenters. The highest BCUT2D eigenvalue weighted by atomic mass is 79.9. The minimum Gasteiger partial charge on any atom is -0.371 e. The van der Waals surface area contributed by atoms with E-state index in [1.54, 1.807) is 12.3 Å². The fourth-order valence-electron chi connectivity index (χ4n) is 2.36. The Bertz CT molecular complexity index is 783. The molecule has 1 saturated heterocycles. The SMILES string of the molecule is Cc1cc(Br)c(=O)n(CC(=O)Nc2nnc(C3CCCO3)s2)c1. The predicted molar refractivity (Wildman–Crippen MR) is 89.6 cm³/mol. The van der Waals surface area contributed by atoms with Crippen LogP contribution >= 0.6 is 27.3 Å². The quantitative estimate of drug-likeness (QED) is 0.853. The molecule has 3 heterocycles. The van der Waals surface area contributed by atoms with Gasteiger partial charge in [-0.2, -0.15) is 0 Å². The number of anilines is 1. The van der Waals surface area contributed by atoms with Crippen molar-refractivity contribution in [3.8, 4) is 0 Å². The second-order valence-electron chi connectivity index (χ2n) is 5.29. The van der Waals surface area contributed by atoms with Crippen LogP contribution in [0.4, 0.5) is 5.13 Å². The van der Waals surface area contributed by atoms with Crippen LogP contribution < -0.4 is 10.9 Å². The fraction of sp³-hybridized carbons (Fsp3) is 0.429. The smallest absolute Gasteiger partial charge is 0.265 e. The third-order valence-electron chi connectivity index (χ3n) is 3.39. The number of carbonyl (C=O) groups is 1. The molecule has 0 aromatic carbocycles. The summed E-state index contributed by atoms with van der Waals surface area (Å²) in [5, 5.41) is 11.9. The van der Waals surface area contributed by atoms with Crippen molar-refractivity contribution in [1.29, 1.82) is 0 Å². The summed E-state index contributed by atoms with van der Waals surface area (Å²) in [6, 6.07) is 1.72. The average molecular weight is 399 g/mol. The molecule has 3 rings (SSSR count). The van der Waals surface area contributed by atoms with Gasteiger partial charge in [0.1, 0.15) is 17.7 Å². The molecule has 1 fully saturated rings. The van der Waals surface area contributed by atoms with E-state index in [2.05, 4.69) is 31.4 Å². The topological polar surface area (TPSA) is 86.1 Å². The van der Waals surface area contributed by atoms with Gasteiger partial charge >= 0.3 is 0 Å². The van der Waals surface area contributed by atoms with E-state index >= 15 is 0 Å². The van der Waals surface area contributed by atoms with Crippen molar-refractivity contribution in [2.75, 3.05) is 11.9 Å². The zero-order chi connectivity index (χ0) is 16.4. The first-order valence-electron chi connectivity index (χ1n) is 7.14. The molecular formula is C14H15BrN4O3S. The Balaban J connectivity index is 1.67. The van der Waals surface area contributed by atoms with Crippen LogP contribution in [0.25, 0.3) is 0 Å². The van der Waals surface area contributed by atoms with Crippen LogP contribution in [0.5, 0.6) is 0 Å². The molecule has 1 aliphatic rings. The fourth-order valence-corrected chi connectivity index (χ4v) is 3.79.